The van der Waals surface area contributed by atoms with E-state index in [1.807, 2.05) is 0 Å². The minimum atomic E-state index is -4.15. The third-order valence-electron chi connectivity index (χ3n) is 4.48. The Bertz CT molecular complexity index is 421. The van der Waals surface area contributed by atoms with Crippen molar-refractivity contribution in [1.82, 2.24) is 10.2 Å². The molecule has 0 bridgehead atoms. The van der Waals surface area contributed by atoms with E-state index in [1.54, 1.807) is 25.7 Å². The van der Waals surface area contributed by atoms with Crippen LogP contribution >= 0.6 is 0 Å². The van der Waals surface area contributed by atoms with Crippen LogP contribution in [0.25, 0.3) is 0 Å². The van der Waals surface area contributed by atoms with Gasteiger partial charge in [-0.1, -0.05) is 12.8 Å². The van der Waals surface area contributed by atoms with Gasteiger partial charge in [-0.3, -0.25) is 0 Å². The summed E-state index contributed by atoms with van der Waals surface area (Å²) in [5.74, 6) is -1.27. The maximum absolute atomic E-state index is 13.1. The molecule has 3 atom stereocenters. The summed E-state index contributed by atoms with van der Waals surface area (Å²) in [5, 5.41) is 3.15. The van der Waals surface area contributed by atoms with E-state index >= 15 is 0 Å². The highest BCUT2D eigenvalue weighted by atomic mass is 19.4. The molecule has 2 fully saturated rings. The Hall–Kier alpha value is -0.980. The number of alkyl halides is 3. The lowest BCUT2D eigenvalue weighted by molar-refractivity contribution is -0.189. The highest BCUT2D eigenvalue weighted by Gasteiger charge is 2.46. The third-order valence-corrected chi connectivity index (χ3v) is 4.48. The van der Waals surface area contributed by atoms with Crippen LogP contribution < -0.4 is 5.32 Å². The number of rotatable bonds is 2. The molecule has 2 aliphatic rings. The normalized spacial score (nSPS) is 29.7. The standard InChI is InChI=1S/C16H27F3N2O2/c1-15(2,3)23-14(22)21-9-8-11(10-21)20-13-7-5-4-6-12(13)16(17,18)19/h11-13,20H,4-10H2,1-3H3. The van der Waals surface area contributed by atoms with Gasteiger partial charge >= 0.3 is 12.3 Å². The van der Waals surface area contributed by atoms with Crippen molar-refractivity contribution in [1.29, 1.82) is 0 Å². The second-order valence-corrected chi connectivity index (χ2v) is 7.62. The zero-order valence-electron chi connectivity index (χ0n) is 14.1. The van der Waals surface area contributed by atoms with E-state index in [4.69, 9.17) is 4.74 Å². The molecule has 0 spiro atoms. The van der Waals surface area contributed by atoms with Gasteiger partial charge in [-0.15, -0.1) is 0 Å². The molecule has 3 unspecified atom stereocenters. The lowest BCUT2D eigenvalue weighted by atomic mass is 9.83. The number of amides is 1. The number of hydrogen-bond acceptors (Lipinski definition) is 3. The fraction of sp³-hybridized carbons (Fsp3) is 0.938. The van der Waals surface area contributed by atoms with E-state index in [0.717, 1.165) is 6.42 Å². The number of nitrogens with one attached hydrogen (secondary N) is 1. The average Bonchev–Trinajstić information content (AvgIpc) is 2.85. The van der Waals surface area contributed by atoms with E-state index in [2.05, 4.69) is 5.32 Å². The van der Waals surface area contributed by atoms with Gasteiger partial charge < -0.3 is 15.0 Å². The number of nitrogens with zero attached hydrogens (tertiary/aromatic N) is 1. The van der Waals surface area contributed by atoms with Gasteiger partial charge in [0.1, 0.15) is 5.60 Å². The summed E-state index contributed by atoms with van der Waals surface area (Å²) in [6.07, 6.45) is -1.67. The predicted octanol–water partition coefficient (Wildman–Crippen LogP) is 3.71. The zero-order valence-corrected chi connectivity index (χ0v) is 14.1. The van der Waals surface area contributed by atoms with Gasteiger partial charge in [-0.05, 0) is 40.0 Å². The Balaban J connectivity index is 1.88. The molecule has 1 heterocycles. The summed E-state index contributed by atoms with van der Waals surface area (Å²) in [7, 11) is 0. The van der Waals surface area contributed by atoms with Crippen molar-refractivity contribution >= 4 is 6.09 Å². The molecule has 1 aliphatic heterocycles. The van der Waals surface area contributed by atoms with Crippen molar-refractivity contribution in [2.45, 2.75) is 76.7 Å². The predicted molar refractivity (Wildman–Crippen MR) is 81.1 cm³/mol. The van der Waals surface area contributed by atoms with Crippen molar-refractivity contribution < 1.29 is 22.7 Å². The number of ether oxygens (including phenoxy) is 1. The lowest BCUT2D eigenvalue weighted by Gasteiger charge is -2.35. The van der Waals surface area contributed by atoms with Gasteiger partial charge in [0, 0.05) is 25.2 Å². The van der Waals surface area contributed by atoms with Crippen LogP contribution in [-0.4, -0.2) is 47.9 Å². The van der Waals surface area contributed by atoms with Gasteiger partial charge in [0.15, 0.2) is 0 Å². The van der Waals surface area contributed by atoms with Crippen LogP contribution in [0.1, 0.15) is 52.9 Å². The third kappa shape index (κ3) is 5.26. The van der Waals surface area contributed by atoms with E-state index < -0.39 is 29.8 Å². The first-order chi connectivity index (χ1) is 10.6. The van der Waals surface area contributed by atoms with E-state index in [0.29, 0.717) is 32.4 Å². The Labute approximate surface area is 135 Å². The van der Waals surface area contributed by atoms with E-state index in [-0.39, 0.29) is 12.5 Å². The molecular formula is C16H27F3N2O2. The Morgan fingerprint density at radius 3 is 2.39 bits per heavy atom. The Morgan fingerprint density at radius 2 is 1.78 bits per heavy atom. The van der Waals surface area contributed by atoms with Crippen molar-refractivity contribution in [2.24, 2.45) is 5.92 Å². The summed E-state index contributed by atoms with van der Waals surface area (Å²) in [6, 6.07) is -0.622. The van der Waals surface area contributed by atoms with Crippen molar-refractivity contribution in [3.05, 3.63) is 0 Å². The topological polar surface area (TPSA) is 41.6 Å². The fourth-order valence-corrected chi connectivity index (χ4v) is 3.41. The number of likely N-dealkylation sites (tertiary alicyclic amines) is 1. The molecule has 1 saturated carbocycles. The molecule has 0 aromatic heterocycles. The summed E-state index contributed by atoms with van der Waals surface area (Å²) < 4.78 is 44.7. The fourth-order valence-electron chi connectivity index (χ4n) is 3.41. The van der Waals surface area contributed by atoms with Crippen molar-refractivity contribution in [2.75, 3.05) is 13.1 Å². The van der Waals surface area contributed by atoms with Crippen LogP contribution in [0.2, 0.25) is 0 Å². The molecule has 1 amide bonds. The molecule has 0 aromatic rings. The summed E-state index contributed by atoms with van der Waals surface area (Å²) in [4.78, 5) is 13.6. The minimum absolute atomic E-state index is 0.0875. The number of carbonyl (C=O) groups is 1. The van der Waals surface area contributed by atoms with Gasteiger partial charge in [0.25, 0.3) is 0 Å². The lowest BCUT2D eigenvalue weighted by Crippen LogP contribution is -2.50. The minimum Gasteiger partial charge on any atom is -0.444 e. The highest BCUT2D eigenvalue weighted by Crippen LogP contribution is 2.38. The van der Waals surface area contributed by atoms with Crippen LogP contribution in [0.4, 0.5) is 18.0 Å². The molecule has 1 aliphatic carbocycles. The van der Waals surface area contributed by atoms with Crippen molar-refractivity contribution in [3.8, 4) is 0 Å². The van der Waals surface area contributed by atoms with Crippen LogP contribution in [0.5, 0.6) is 0 Å². The molecular weight excluding hydrogens is 309 g/mol. The smallest absolute Gasteiger partial charge is 0.410 e. The molecule has 1 saturated heterocycles. The van der Waals surface area contributed by atoms with Gasteiger partial charge in [0.05, 0.1) is 5.92 Å². The quantitative estimate of drug-likeness (QED) is 0.836. The van der Waals surface area contributed by atoms with Crippen LogP contribution in [-0.2, 0) is 4.74 Å². The first-order valence-electron chi connectivity index (χ1n) is 8.37. The van der Waals surface area contributed by atoms with Gasteiger partial charge in [-0.2, -0.15) is 13.2 Å². The molecule has 23 heavy (non-hydrogen) atoms. The monoisotopic (exact) mass is 336 g/mol. The number of carbonyl (C=O) groups excluding carboxylic acids is 1. The van der Waals surface area contributed by atoms with Crippen LogP contribution in [0.15, 0.2) is 0 Å². The summed E-state index contributed by atoms with van der Waals surface area (Å²) in [5.41, 5.74) is -0.562. The average molecular weight is 336 g/mol. The number of hydrogen-bond donors (Lipinski definition) is 1. The van der Waals surface area contributed by atoms with Crippen molar-refractivity contribution in [3.63, 3.8) is 0 Å². The summed E-state index contributed by atoms with van der Waals surface area (Å²) >= 11 is 0. The summed E-state index contributed by atoms with van der Waals surface area (Å²) in [6.45, 7) is 6.33. The van der Waals surface area contributed by atoms with E-state index in [1.165, 1.54) is 0 Å². The highest BCUT2D eigenvalue weighted by molar-refractivity contribution is 5.68. The molecule has 2 rings (SSSR count). The maximum Gasteiger partial charge on any atom is 0.410 e. The molecule has 134 valence electrons. The SMILES string of the molecule is CC(C)(C)OC(=O)N1CCC(NC2CCCCC2C(F)(F)F)C1. The zero-order chi connectivity index (χ0) is 17.3. The molecule has 7 heteroatoms. The molecule has 0 radical (unpaired) electrons. The molecule has 4 nitrogen and oxygen atoms in total. The second-order valence-electron chi connectivity index (χ2n) is 7.62. The van der Waals surface area contributed by atoms with Gasteiger partial charge in [-0.25, -0.2) is 4.79 Å². The number of halogens is 3. The largest absolute Gasteiger partial charge is 0.444 e. The molecule has 0 aromatic carbocycles. The first kappa shape index (κ1) is 18.4. The van der Waals surface area contributed by atoms with Crippen LogP contribution in [0, 0.1) is 5.92 Å². The second kappa shape index (κ2) is 6.87. The van der Waals surface area contributed by atoms with Gasteiger partial charge in [0.2, 0.25) is 0 Å². The van der Waals surface area contributed by atoms with E-state index in [9.17, 15) is 18.0 Å². The Morgan fingerprint density at radius 1 is 1.13 bits per heavy atom. The first-order valence-corrected chi connectivity index (χ1v) is 8.37. The maximum atomic E-state index is 13.1. The molecule has 1 N–H and O–H groups in total. The Kier molecular flexibility index (Phi) is 5.48. The van der Waals surface area contributed by atoms with Crippen LogP contribution in [0.3, 0.4) is 0 Å².